The second kappa shape index (κ2) is 7.41. The Morgan fingerprint density at radius 1 is 1.10 bits per heavy atom. The Bertz CT molecular complexity index is 897. The molecule has 29 heavy (non-hydrogen) atoms. The first-order valence-electron chi connectivity index (χ1n) is 9.87. The molecule has 5 nitrogen and oxygen atoms in total. The fourth-order valence-electron chi connectivity index (χ4n) is 4.05. The van der Waals surface area contributed by atoms with Gasteiger partial charge in [0.05, 0.1) is 6.04 Å². The van der Waals surface area contributed by atoms with Crippen LogP contribution >= 0.6 is 11.8 Å². The summed E-state index contributed by atoms with van der Waals surface area (Å²) in [5.74, 6) is 0.691. The third-order valence-corrected chi connectivity index (χ3v) is 6.66. The molecule has 2 aromatic carbocycles. The molecule has 2 aromatic rings. The summed E-state index contributed by atoms with van der Waals surface area (Å²) in [5, 5.41) is 0. The normalized spacial score (nSPS) is 24.0. The minimum atomic E-state index is -0.932. The fourth-order valence-corrected chi connectivity index (χ4v) is 5.62. The molecule has 0 bridgehead atoms. The quantitative estimate of drug-likeness (QED) is 0.702. The second-order valence-corrected chi connectivity index (χ2v) is 9.73. The van der Waals surface area contributed by atoms with Crippen molar-refractivity contribution >= 4 is 23.8 Å². The lowest BCUT2D eigenvalue weighted by Gasteiger charge is -2.56. The number of β-lactam (4-membered cyclic amide) rings is 1. The van der Waals surface area contributed by atoms with Gasteiger partial charge in [0.15, 0.2) is 4.87 Å². The number of hydrogen-bond acceptors (Lipinski definition) is 4. The highest BCUT2D eigenvalue weighted by atomic mass is 32.2. The molecule has 1 spiro atoms. The molecule has 2 heterocycles. The Morgan fingerprint density at radius 3 is 2.34 bits per heavy atom. The van der Waals surface area contributed by atoms with Crippen molar-refractivity contribution in [1.29, 1.82) is 0 Å². The van der Waals surface area contributed by atoms with Gasteiger partial charge < -0.3 is 9.64 Å². The summed E-state index contributed by atoms with van der Waals surface area (Å²) < 4.78 is 5.64. The molecule has 0 N–H and O–H groups in total. The Balaban J connectivity index is 1.69. The highest BCUT2D eigenvalue weighted by Crippen LogP contribution is 2.57. The van der Waals surface area contributed by atoms with Gasteiger partial charge in [0.2, 0.25) is 0 Å². The molecular formula is C23H26N2O3S. The van der Waals surface area contributed by atoms with E-state index in [1.54, 1.807) is 16.7 Å². The van der Waals surface area contributed by atoms with Crippen molar-refractivity contribution in [2.24, 2.45) is 0 Å². The van der Waals surface area contributed by atoms with E-state index in [1.807, 2.05) is 86.3 Å². The number of likely N-dealkylation sites (tertiary alicyclic amines) is 1. The van der Waals surface area contributed by atoms with E-state index in [-0.39, 0.29) is 11.9 Å². The van der Waals surface area contributed by atoms with E-state index < -0.39 is 16.6 Å². The second-order valence-electron chi connectivity index (χ2n) is 8.41. The van der Waals surface area contributed by atoms with Crippen molar-refractivity contribution in [3.8, 4) is 0 Å². The van der Waals surface area contributed by atoms with Gasteiger partial charge >= 0.3 is 6.09 Å². The Labute approximate surface area is 176 Å². The predicted octanol–water partition coefficient (Wildman–Crippen LogP) is 4.45. The number of carbonyl (C=O) groups excluding carboxylic acids is 2. The summed E-state index contributed by atoms with van der Waals surface area (Å²) >= 11 is 1.55. The molecule has 2 fully saturated rings. The number of rotatable bonds is 3. The van der Waals surface area contributed by atoms with Crippen LogP contribution < -0.4 is 0 Å². The lowest BCUT2D eigenvalue weighted by Crippen LogP contribution is -2.72. The maximum atomic E-state index is 13.5. The Hall–Kier alpha value is -2.47. The first-order valence-corrected chi connectivity index (χ1v) is 10.9. The fraction of sp³-hybridized carbons (Fsp3) is 0.391. The molecule has 0 aliphatic carbocycles. The topological polar surface area (TPSA) is 49.9 Å². The van der Waals surface area contributed by atoms with E-state index in [9.17, 15) is 9.59 Å². The van der Waals surface area contributed by atoms with Crippen molar-refractivity contribution in [2.75, 3.05) is 12.3 Å². The van der Waals surface area contributed by atoms with E-state index in [2.05, 4.69) is 0 Å². The van der Waals surface area contributed by atoms with E-state index in [0.29, 0.717) is 18.8 Å². The lowest BCUT2D eigenvalue weighted by molar-refractivity contribution is -0.164. The molecule has 2 atom stereocenters. The summed E-state index contributed by atoms with van der Waals surface area (Å²) in [6, 6.07) is 19.7. The minimum absolute atomic E-state index is 0.0245. The van der Waals surface area contributed by atoms with Crippen LogP contribution in [0.5, 0.6) is 0 Å². The third-order valence-electron chi connectivity index (χ3n) is 5.21. The molecular weight excluding hydrogens is 384 g/mol. The Kier molecular flexibility index (Phi) is 5.07. The zero-order valence-electron chi connectivity index (χ0n) is 17.0. The van der Waals surface area contributed by atoms with Gasteiger partial charge in [-0.05, 0) is 31.9 Å². The standard InChI is InChI=1S/C23H26N2O3S/c1-22(2,3)28-21(27)25-14-15-29-23(25)19(18-12-8-5-9-13-18)24(20(23)26)16-17-10-6-4-7-11-17/h4-13,19H,14-16H2,1-3H3/t19-,23-/m0/s1. The van der Waals surface area contributed by atoms with Crippen molar-refractivity contribution in [3.63, 3.8) is 0 Å². The number of amides is 2. The maximum Gasteiger partial charge on any atom is 0.411 e. The van der Waals surface area contributed by atoms with E-state index in [1.165, 1.54) is 0 Å². The molecule has 2 saturated heterocycles. The van der Waals surface area contributed by atoms with E-state index in [4.69, 9.17) is 4.74 Å². The predicted molar refractivity (Wildman–Crippen MR) is 114 cm³/mol. The largest absolute Gasteiger partial charge is 0.444 e. The van der Waals surface area contributed by atoms with Crippen LogP contribution in [0.2, 0.25) is 0 Å². The summed E-state index contributed by atoms with van der Waals surface area (Å²) in [6.45, 7) is 6.57. The molecule has 0 unspecified atom stereocenters. The molecule has 0 aromatic heterocycles. The summed E-state index contributed by atoms with van der Waals surface area (Å²) in [6.07, 6.45) is -0.420. The summed E-state index contributed by atoms with van der Waals surface area (Å²) in [7, 11) is 0. The molecule has 4 rings (SSSR count). The highest BCUT2D eigenvalue weighted by molar-refractivity contribution is 8.01. The number of ether oxygens (including phenoxy) is 1. The zero-order valence-corrected chi connectivity index (χ0v) is 17.8. The summed E-state index contributed by atoms with van der Waals surface area (Å²) in [4.78, 5) is 29.1. The number of thioether (sulfide) groups is 1. The zero-order chi connectivity index (χ0) is 20.6. The molecule has 0 radical (unpaired) electrons. The van der Waals surface area contributed by atoms with Gasteiger partial charge in [-0.2, -0.15) is 0 Å². The van der Waals surface area contributed by atoms with Gasteiger partial charge in [-0.3, -0.25) is 9.69 Å². The first-order chi connectivity index (χ1) is 13.8. The molecule has 2 amide bonds. The van der Waals surface area contributed by atoms with Gasteiger partial charge in [-0.25, -0.2) is 4.79 Å². The van der Waals surface area contributed by atoms with Gasteiger partial charge in [-0.1, -0.05) is 60.7 Å². The van der Waals surface area contributed by atoms with Crippen LogP contribution in [0.15, 0.2) is 60.7 Å². The number of benzene rings is 2. The van der Waals surface area contributed by atoms with Crippen LogP contribution in [0, 0.1) is 0 Å². The third kappa shape index (κ3) is 3.50. The van der Waals surface area contributed by atoms with Crippen LogP contribution in [0.3, 0.4) is 0 Å². The van der Waals surface area contributed by atoms with E-state index in [0.717, 1.165) is 11.1 Å². The molecule has 0 saturated carbocycles. The van der Waals surface area contributed by atoms with Gasteiger partial charge in [0.1, 0.15) is 5.60 Å². The molecule has 2 aliphatic heterocycles. The smallest absolute Gasteiger partial charge is 0.411 e. The van der Waals surface area contributed by atoms with Gasteiger partial charge in [0.25, 0.3) is 5.91 Å². The molecule has 2 aliphatic rings. The van der Waals surface area contributed by atoms with Crippen LogP contribution in [0.25, 0.3) is 0 Å². The Morgan fingerprint density at radius 2 is 1.72 bits per heavy atom. The van der Waals surface area contributed by atoms with Gasteiger partial charge in [-0.15, -0.1) is 11.8 Å². The van der Waals surface area contributed by atoms with Crippen LogP contribution in [0.4, 0.5) is 4.79 Å². The number of nitrogens with zero attached hydrogens (tertiary/aromatic N) is 2. The van der Waals surface area contributed by atoms with Crippen LogP contribution in [-0.4, -0.2) is 44.6 Å². The maximum absolute atomic E-state index is 13.5. The van der Waals surface area contributed by atoms with Gasteiger partial charge in [0, 0.05) is 18.8 Å². The number of carbonyl (C=O) groups is 2. The van der Waals surface area contributed by atoms with Crippen LogP contribution in [0.1, 0.15) is 37.9 Å². The average Bonchev–Trinajstić information content (AvgIpc) is 3.15. The highest BCUT2D eigenvalue weighted by Gasteiger charge is 2.68. The molecule has 6 heteroatoms. The lowest BCUT2D eigenvalue weighted by atomic mass is 9.86. The van der Waals surface area contributed by atoms with Crippen LogP contribution in [-0.2, 0) is 16.1 Å². The SMILES string of the molecule is CC(C)(C)OC(=O)N1CCS[C@@]12C(=O)N(Cc1ccccc1)[C@H]2c1ccccc1. The van der Waals surface area contributed by atoms with E-state index >= 15 is 0 Å². The first kappa shape index (κ1) is 19.8. The minimum Gasteiger partial charge on any atom is -0.444 e. The van der Waals surface area contributed by atoms with Crippen molar-refractivity contribution < 1.29 is 14.3 Å². The monoisotopic (exact) mass is 410 g/mol. The van der Waals surface area contributed by atoms with Crippen molar-refractivity contribution in [1.82, 2.24) is 9.80 Å². The van der Waals surface area contributed by atoms with Crippen molar-refractivity contribution in [3.05, 3.63) is 71.8 Å². The average molecular weight is 411 g/mol. The number of hydrogen-bond donors (Lipinski definition) is 0. The van der Waals surface area contributed by atoms with Crippen molar-refractivity contribution in [2.45, 2.75) is 43.8 Å². The summed E-state index contributed by atoms with van der Waals surface area (Å²) in [5.41, 5.74) is 1.50. The molecule has 152 valence electrons.